The molecule has 0 aromatic heterocycles. The molecule has 3 aliphatic rings. The van der Waals surface area contributed by atoms with Gasteiger partial charge in [0.1, 0.15) is 0 Å². The molecule has 0 heterocycles. The van der Waals surface area contributed by atoms with Gasteiger partial charge in [-0.25, -0.2) is 0 Å². The maximum absolute atomic E-state index is 2.62. The van der Waals surface area contributed by atoms with E-state index in [0.29, 0.717) is 5.41 Å². The minimum absolute atomic E-state index is 0.00479. The molecule has 3 fully saturated rings. The first-order chi connectivity index (χ1) is 27.8. The van der Waals surface area contributed by atoms with Gasteiger partial charge in [0, 0.05) is 22.2 Å². The molecule has 1 nitrogen and oxygen atoms in total. The standard InChI is InChI=1S/C58H67N/c1-54(2,3)41-29-38(30-42(33-41)55(4,5)6)47-21-13-15-25-51(47)59(46-35-43(56(7,8)9)34-44(36-46)57(10,11)12)52-26-16-14-22-48(52)49-23-17-19-37-20-18-24-50(53(37)49)58-39-27-28-40(58)32-45(58)31-39/h13-26,29-30,33-36,39-40,45H,27-28,31-32H2,1-12H3. The van der Waals surface area contributed by atoms with Gasteiger partial charge in [0.05, 0.1) is 11.4 Å². The lowest BCUT2D eigenvalue weighted by molar-refractivity contribution is -0.0824. The van der Waals surface area contributed by atoms with Crippen molar-refractivity contribution in [3.05, 3.63) is 149 Å². The van der Waals surface area contributed by atoms with Crippen LogP contribution in [0.2, 0.25) is 0 Å². The van der Waals surface area contributed by atoms with Crippen molar-refractivity contribution in [2.75, 3.05) is 4.90 Å². The predicted molar refractivity (Wildman–Crippen MR) is 255 cm³/mol. The quantitative estimate of drug-likeness (QED) is 0.163. The van der Waals surface area contributed by atoms with Gasteiger partial charge < -0.3 is 4.90 Å². The monoisotopic (exact) mass is 778 g/mol. The smallest absolute Gasteiger partial charge is 0.0540 e. The second-order valence-electron chi connectivity index (χ2n) is 22.7. The van der Waals surface area contributed by atoms with E-state index in [1.807, 2.05) is 0 Å². The second-order valence-corrected chi connectivity index (χ2v) is 22.7. The maximum Gasteiger partial charge on any atom is 0.0540 e. The largest absolute Gasteiger partial charge is 0.309 e. The lowest BCUT2D eigenvalue weighted by atomic mass is 9.38. The fourth-order valence-corrected chi connectivity index (χ4v) is 11.4. The molecule has 3 saturated carbocycles. The van der Waals surface area contributed by atoms with Crippen molar-refractivity contribution < 1.29 is 0 Å². The number of fused-ring (bicyclic) bond motifs is 1. The average molecular weight is 778 g/mol. The van der Waals surface area contributed by atoms with Crippen LogP contribution >= 0.6 is 0 Å². The third-order valence-electron chi connectivity index (χ3n) is 14.9. The number of anilines is 3. The van der Waals surface area contributed by atoms with E-state index in [0.717, 1.165) is 17.8 Å². The molecule has 1 heteroatoms. The predicted octanol–water partition coefficient (Wildman–Crippen LogP) is 16.5. The van der Waals surface area contributed by atoms with E-state index in [1.54, 1.807) is 5.56 Å². The van der Waals surface area contributed by atoms with Gasteiger partial charge in [-0.1, -0.05) is 180 Å². The Balaban J connectivity index is 1.35. The molecule has 2 unspecified atom stereocenters. The zero-order valence-corrected chi connectivity index (χ0v) is 38.1. The minimum Gasteiger partial charge on any atom is -0.309 e. The van der Waals surface area contributed by atoms with Crippen molar-refractivity contribution in [3.63, 3.8) is 0 Å². The van der Waals surface area contributed by atoms with Crippen LogP contribution < -0.4 is 4.90 Å². The Morgan fingerprint density at radius 2 is 0.881 bits per heavy atom. The molecule has 304 valence electrons. The van der Waals surface area contributed by atoms with Crippen LogP contribution in [0.4, 0.5) is 17.1 Å². The molecule has 0 N–H and O–H groups in total. The molecule has 0 amide bonds. The van der Waals surface area contributed by atoms with Gasteiger partial charge in [0.2, 0.25) is 0 Å². The van der Waals surface area contributed by atoms with Gasteiger partial charge in [-0.05, 0) is 139 Å². The Bertz CT molecular complexity index is 2490. The van der Waals surface area contributed by atoms with Crippen LogP contribution in [-0.2, 0) is 27.1 Å². The van der Waals surface area contributed by atoms with Crippen LogP contribution in [-0.4, -0.2) is 0 Å². The fourth-order valence-electron chi connectivity index (χ4n) is 11.4. The minimum atomic E-state index is -0.0331. The zero-order chi connectivity index (χ0) is 41.9. The van der Waals surface area contributed by atoms with E-state index in [-0.39, 0.29) is 21.7 Å². The Morgan fingerprint density at radius 1 is 0.441 bits per heavy atom. The molecule has 0 bridgehead atoms. The molecule has 0 radical (unpaired) electrons. The van der Waals surface area contributed by atoms with Gasteiger partial charge in [-0.3, -0.25) is 0 Å². The van der Waals surface area contributed by atoms with Crippen LogP contribution in [0.25, 0.3) is 33.0 Å². The van der Waals surface area contributed by atoms with Gasteiger partial charge in [-0.2, -0.15) is 0 Å². The number of nitrogens with zero attached hydrogens (tertiary/aromatic N) is 1. The molecule has 6 aromatic carbocycles. The first-order valence-electron chi connectivity index (χ1n) is 22.6. The maximum atomic E-state index is 2.62. The second kappa shape index (κ2) is 13.7. The Morgan fingerprint density at radius 3 is 1.39 bits per heavy atom. The molecule has 9 rings (SSSR count). The van der Waals surface area contributed by atoms with Crippen LogP contribution in [0.3, 0.4) is 0 Å². The Labute approximate surface area is 356 Å². The van der Waals surface area contributed by atoms with E-state index in [2.05, 4.69) is 209 Å². The van der Waals surface area contributed by atoms with E-state index in [4.69, 9.17) is 0 Å². The molecule has 0 saturated heterocycles. The molecule has 0 aliphatic heterocycles. The SMILES string of the molecule is CC(C)(C)c1cc(-c2ccccc2N(c2cc(C(C)(C)C)cc(C(C)(C)C)c2)c2ccccc2-c2cccc3cccc(C45C6CCC4CC5C6)c23)cc(C(C)(C)C)c1. The van der Waals surface area contributed by atoms with Crippen molar-refractivity contribution in [1.29, 1.82) is 0 Å². The third-order valence-corrected chi connectivity index (χ3v) is 14.9. The van der Waals surface area contributed by atoms with Crippen molar-refractivity contribution in [1.82, 2.24) is 0 Å². The van der Waals surface area contributed by atoms with E-state index in [1.165, 1.54) is 98.0 Å². The number of hydrogen-bond acceptors (Lipinski definition) is 1. The van der Waals surface area contributed by atoms with Crippen molar-refractivity contribution in [2.24, 2.45) is 17.8 Å². The summed E-state index contributed by atoms with van der Waals surface area (Å²) in [6, 6.07) is 47.6. The summed E-state index contributed by atoms with van der Waals surface area (Å²) >= 11 is 0. The molecule has 0 spiro atoms. The summed E-state index contributed by atoms with van der Waals surface area (Å²) in [5, 5.41) is 2.84. The molecular weight excluding hydrogens is 711 g/mol. The summed E-state index contributed by atoms with van der Waals surface area (Å²) in [6.45, 7) is 28.2. The molecular formula is C58H67N. The lowest BCUT2D eigenvalue weighted by Crippen LogP contribution is -2.61. The van der Waals surface area contributed by atoms with Gasteiger partial charge in [0.25, 0.3) is 0 Å². The van der Waals surface area contributed by atoms with Crippen molar-refractivity contribution >= 4 is 27.8 Å². The average Bonchev–Trinajstić information content (AvgIpc) is 3.31. The highest BCUT2D eigenvalue weighted by Crippen LogP contribution is 2.75. The summed E-state index contributed by atoms with van der Waals surface area (Å²) in [5.74, 6) is 2.51. The van der Waals surface area contributed by atoms with Crippen molar-refractivity contribution in [2.45, 2.75) is 136 Å². The molecule has 3 aliphatic carbocycles. The van der Waals surface area contributed by atoms with Crippen LogP contribution in [0.5, 0.6) is 0 Å². The number of rotatable bonds is 6. The normalized spacial score (nSPS) is 21.5. The van der Waals surface area contributed by atoms with Gasteiger partial charge in [-0.15, -0.1) is 0 Å². The highest BCUT2D eigenvalue weighted by molar-refractivity contribution is 6.04. The summed E-state index contributed by atoms with van der Waals surface area (Å²) in [7, 11) is 0. The zero-order valence-electron chi connectivity index (χ0n) is 38.1. The number of para-hydroxylation sites is 2. The fraction of sp³-hybridized carbons (Fsp3) is 0.414. The number of benzene rings is 6. The molecule has 6 aromatic rings. The summed E-state index contributed by atoms with van der Waals surface area (Å²) in [5.41, 5.74) is 16.2. The Hall–Kier alpha value is -4.62. The molecule has 2 atom stereocenters. The van der Waals surface area contributed by atoms with E-state index in [9.17, 15) is 0 Å². The van der Waals surface area contributed by atoms with E-state index < -0.39 is 0 Å². The highest BCUT2D eigenvalue weighted by atomic mass is 15.1. The van der Waals surface area contributed by atoms with Crippen LogP contribution in [0.1, 0.15) is 137 Å². The van der Waals surface area contributed by atoms with Gasteiger partial charge in [0.15, 0.2) is 0 Å². The third kappa shape index (κ3) is 6.58. The van der Waals surface area contributed by atoms with E-state index >= 15 is 0 Å². The molecule has 59 heavy (non-hydrogen) atoms. The summed E-state index contributed by atoms with van der Waals surface area (Å²) < 4.78 is 0. The van der Waals surface area contributed by atoms with Crippen LogP contribution in [0.15, 0.2) is 121 Å². The number of hydrogen-bond donors (Lipinski definition) is 0. The topological polar surface area (TPSA) is 3.24 Å². The summed E-state index contributed by atoms with van der Waals surface area (Å²) in [4.78, 5) is 2.62. The van der Waals surface area contributed by atoms with Crippen LogP contribution in [0, 0.1) is 17.8 Å². The van der Waals surface area contributed by atoms with Crippen molar-refractivity contribution in [3.8, 4) is 22.3 Å². The first kappa shape index (κ1) is 39.8. The lowest BCUT2D eigenvalue weighted by Gasteiger charge is -2.65. The Kier molecular flexibility index (Phi) is 9.25. The first-order valence-corrected chi connectivity index (χ1v) is 22.6. The highest BCUT2D eigenvalue weighted by Gasteiger charge is 2.70. The van der Waals surface area contributed by atoms with Gasteiger partial charge >= 0.3 is 0 Å². The summed E-state index contributed by atoms with van der Waals surface area (Å²) in [6.07, 6.45) is 5.64.